The first kappa shape index (κ1) is 10.8. The Morgan fingerprint density at radius 1 is 1.22 bits per heavy atom. The molecule has 0 atom stereocenters. The lowest BCUT2D eigenvalue weighted by Gasteiger charge is -2.02. The molecule has 90 valence electrons. The summed E-state index contributed by atoms with van der Waals surface area (Å²) in [6.45, 7) is 0. The molecule has 0 aliphatic carbocycles. The normalized spacial score (nSPS) is 11.0. The van der Waals surface area contributed by atoms with E-state index in [1.807, 2.05) is 17.8 Å². The number of benzene rings is 1. The smallest absolute Gasteiger partial charge is 0.225 e. The van der Waals surface area contributed by atoms with E-state index in [1.165, 1.54) is 18.3 Å². The van der Waals surface area contributed by atoms with Gasteiger partial charge in [-0.25, -0.2) is 4.39 Å². The molecule has 2 aromatic heterocycles. The molecular formula is C14H11FN2O. The molecule has 3 nitrogen and oxygen atoms in total. The Morgan fingerprint density at radius 2 is 2.06 bits per heavy atom. The maximum absolute atomic E-state index is 13.3. The Labute approximate surface area is 103 Å². The molecule has 3 rings (SSSR count). The lowest BCUT2D eigenvalue weighted by Crippen LogP contribution is -2.27. The van der Waals surface area contributed by atoms with Gasteiger partial charge in [-0.05, 0) is 24.3 Å². The molecule has 0 bridgehead atoms. The van der Waals surface area contributed by atoms with Crippen LogP contribution in [0.2, 0.25) is 0 Å². The van der Waals surface area contributed by atoms with Crippen LogP contribution in [0.4, 0.5) is 4.39 Å². The van der Waals surface area contributed by atoms with Crippen molar-refractivity contribution >= 4 is 10.9 Å². The predicted octanol–water partition coefficient (Wildman–Crippen LogP) is 2.62. The Balaban J connectivity index is 2.36. The largest absolute Gasteiger partial charge is 0.618 e. The molecule has 0 fully saturated rings. The minimum atomic E-state index is -0.302. The monoisotopic (exact) mass is 242 g/mol. The minimum absolute atomic E-state index is 0.302. The van der Waals surface area contributed by atoms with Crippen molar-refractivity contribution < 1.29 is 9.12 Å². The lowest BCUT2D eigenvalue weighted by molar-refractivity contribution is -0.593. The van der Waals surface area contributed by atoms with Gasteiger partial charge in [0.25, 0.3) is 0 Å². The Bertz CT molecular complexity index is 734. The van der Waals surface area contributed by atoms with Crippen molar-refractivity contribution in [1.29, 1.82) is 0 Å². The van der Waals surface area contributed by atoms with E-state index in [9.17, 15) is 9.60 Å². The quantitative estimate of drug-likeness (QED) is 0.477. The third kappa shape index (κ3) is 1.54. The number of aryl methyl sites for hydroxylation is 1. The summed E-state index contributed by atoms with van der Waals surface area (Å²) in [5, 5.41) is 12.5. The first-order chi connectivity index (χ1) is 8.66. The van der Waals surface area contributed by atoms with Crippen LogP contribution in [0, 0.1) is 11.0 Å². The highest BCUT2D eigenvalue weighted by Gasteiger charge is 2.15. The van der Waals surface area contributed by atoms with Crippen LogP contribution in [0.15, 0.2) is 48.8 Å². The van der Waals surface area contributed by atoms with Crippen LogP contribution in [0.3, 0.4) is 0 Å². The van der Waals surface area contributed by atoms with Crippen LogP contribution < -0.4 is 4.73 Å². The van der Waals surface area contributed by atoms with E-state index in [0.717, 1.165) is 21.2 Å². The average Bonchev–Trinajstić information content (AvgIpc) is 2.67. The summed E-state index contributed by atoms with van der Waals surface area (Å²) >= 11 is 0. The fourth-order valence-electron chi connectivity index (χ4n) is 2.21. The van der Waals surface area contributed by atoms with Gasteiger partial charge in [0.05, 0.1) is 5.56 Å². The van der Waals surface area contributed by atoms with Crippen LogP contribution >= 0.6 is 0 Å². The topological polar surface area (TPSA) is 31.9 Å². The molecule has 3 aromatic rings. The van der Waals surface area contributed by atoms with Crippen LogP contribution in [-0.2, 0) is 7.05 Å². The molecule has 0 spiro atoms. The summed E-state index contributed by atoms with van der Waals surface area (Å²) in [6.07, 6.45) is 3.28. The van der Waals surface area contributed by atoms with E-state index in [4.69, 9.17) is 0 Å². The summed E-state index contributed by atoms with van der Waals surface area (Å²) < 4.78 is 16.0. The standard InChI is InChI=1S/C14H11FN2O/c1-16-9-12(14-4-2-3-7-17(14)18)11-8-10(15)5-6-13(11)16/h2-9H,1H3. The van der Waals surface area contributed by atoms with E-state index >= 15 is 0 Å². The van der Waals surface area contributed by atoms with Gasteiger partial charge < -0.3 is 9.77 Å². The maximum Gasteiger partial charge on any atom is 0.225 e. The van der Waals surface area contributed by atoms with E-state index in [2.05, 4.69) is 0 Å². The highest BCUT2D eigenvalue weighted by molar-refractivity contribution is 5.94. The van der Waals surface area contributed by atoms with Crippen LogP contribution in [0.1, 0.15) is 0 Å². The van der Waals surface area contributed by atoms with E-state index in [0.29, 0.717) is 5.69 Å². The van der Waals surface area contributed by atoms with Crippen LogP contribution in [-0.4, -0.2) is 4.57 Å². The van der Waals surface area contributed by atoms with Gasteiger partial charge in [-0.2, -0.15) is 4.73 Å². The number of hydrogen-bond donors (Lipinski definition) is 0. The molecule has 0 saturated heterocycles. The summed E-state index contributed by atoms with van der Waals surface area (Å²) in [4.78, 5) is 0. The molecule has 0 radical (unpaired) electrons. The molecule has 0 unspecified atom stereocenters. The fraction of sp³-hybridized carbons (Fsp3) is 0.0714. The lowest BCUT2D eigenvalue weighted by atomic mass is 10.1. The fourth-order valence-corrected chi connectivity index (χ4v) is 2.21. The Kier molecular flexibility index (Phi) is 2.30. The second kappa shape index (κ2) is 3.84. The third-order valence-electron chi connectivity index (χ3n) is 3.05. The maximum atomic E-state index is 13.3. The highest BCUT2D eigenvalue weighted by Crippen LogP contribution is 2.28. The van der Waals surface area contributed by atoms with Crippen LogP contribution in [0.25, 0.3) is 22.2 Å². The first-order valence-corrected chi connectivity index (χ1v) is 5.60. The van der Waals surface area contributed by atoms with Gasteiger partial charge in [0.1, 0.15) is 5.82 Å². The van der Waals surface area contributed by atoms with Crippen molar-refractivity contribution in [3.63, 3.8) is 0 Å². The van der Waals surface area contributed by atoms with Crippen molar-refractivity contribution in [1.82, 2.24) is 4.57 Å². The second-order valence-corrected chi connectivity index (χ2v) is 4.23. The van der Waals surface area contributed by atoms with E-state index < -0.39 is 0 Å². The van der Waals surface area contributed by atoms with Crippen molar-refractivity contribution in [2.75, 3.05) is 0 Å². The molecule has 0 amide bonds. The number of aromatic nitrogens is 2. The zero-order valence-electron chi connectivity index (χ0n) is 9.80. The predicted molar refractivity (Wildman–Crippen MR) is 67.3 cm³/mol. The SMILES string of the molecule is Cn1cc(-c2cccc[n+]2[O-])c2cc(F)ccc21. The third-order valence-corrected chi connectivity index (χ3v) is 3.05. The Hall–Kier alpha value is -2.36. The number of pyridine rings is 1. The first-order valence-electron chi connectivity index (χ1n) is 5.60. The number of fused-ring (bicyclic) bond motifs is 1. The number of halogens is 1. The number of nitrogens with zero attached hydrogens (tertiary/aromatic N) is 2. The van der Waals surface area contributed by atoms with Gasteiger partial charge in [-0.15, -0.1) is 0 Å². The van der Waals surface area contributed by atoms with Gasteiger partial charge in [-0.3, -0.25) is 0 Å². The minimum Gasteiger partial charge on any atom is -0.618 e. The molecule has 0 aliphatic rings. The Morgan fingerprint density at radius 3 is 2.83 bits per heavy atom. The van der Waals surface area contributed by atoms with E-state index in [1.54, 1.807) is 24.3 Å². The molecule has 0 saturated carbocycles. The van der Waals surface area contributed by atoms with Gasteiger partial charge in [0.2, 0.25) is 5.69 Å². The van der Waals surface area contributed by atoms with E-state index in [-0.39, 0.29) is 5.82 Å². The second-order valence-electron chi connectivity index (χ2n) is 4.23. The highest BCUT2D eigenvalue weighted by atomic mass is 19.1. The van der Waals surface area contributed by atoms with Crippen molar-refractivity contribution in [3.8, 4) is 11.3 Å². The molecule has 2 heterocycles. The summed E-state index contributed by atoms with van der Waals surface area (Å²) in [5.41, 5.74) is 2.16. The molecule has 4 heteroatoms. The summed E-state index contributed by atoms with van der Waals surface area (Å²) in [6, 6.07) is 9.78. The van der Waals surface area contributed by atoms with Gasteiger partial charge in [0, 0.05) is 36.3 Å². The van der Waals surface area contributed by atoms with Crippen molar-refractivity contribution in [3.05, 3.63) is 59.8 Å². The number of hydrogen-bond acceptors (Lipinski definition) is 1. The van der Waals surface area contributed by atoms with Crippen molar-refractivity contribution in [2.45, 2.75) is 0 Å². The summed E-state index contributed by atoms with van der Waals surface area (Å²) in [5.74, 6) is -0.302. The van der Waals surface area contributed by atoms with Gasteiger partial charge in [0.15, 0.2) is 6.20 Å². The average molecular weight is 242 g/mol. The van der Waals surface area contributed by atoms with Crippen LogP contribution in [0.5, 0.6) is 0 Å². The molecule has 0 N–H and O–H groups in total. The van der Waals surface area contributed by atoms with Crippen molar-refractivity contribution in [2.24, 2.45) is 7.05 Å². The zero-order valence-corrected chi connectivity index (χ0v) is 9.80. The summed E-state index contributed by atoms with van der Waals surface area (Å²) in [7, 11) is 1.88. The number of rotatable bonds is 1. The molecule has 18 heavy (non-hydrogen) atoms. The molecule has 0 aliphatic heterocycles. The van der Waals surface area contributed by atoms with Gasteiger partial charge >= 0.3 is 0 Å². The van der Waals surface area contributed by atoms with Gasteiger partial charge in [-0.1, -0.05) is 0 Å². The zero-order chi connectivity index (χ0) is 12.7. The molecular weight excluding hydrogens is 231 g/mol. The molecule has 1 aromatic carbocycles.